The van der Waals surface area contributed by atoms with Crippen molar-refractivity contribution in [2.24, 2.45) is 0 Å². The van der Waals surface area contributed by atoms with Crippen LogP contribution in [0.15, 0.2) is 17.8 Å². The van der Waals surface area contributed by atoms with E-state index in [0.29, 0.717) is 5.75 Å². The molecule has 2 heterocycles. The van der Waals surface area contributed by atoms with Crippen LogP contribution < -0.4 is 5.32 Å². The molecule has 2 rings (SSSR count). The highest BCUT2D eigenvalue weighted by Gasteiger charge is 2.14. The number of carboxylic acids is 1. The summed E-state index contributed by atoms with van der Waals surface area (Å²) in [5.41, 5.74) is 0.659. The maximum absolute atomic E-state index is 11.8. The number of anilines is 1. The van der Waals surface area contributed by atoms with Gasteiger partial charge in [-0.15, -0.1) is 23.1 Å². The molecule has 1 amide bonds. The van der Waals surface area contributed by atoms with Crippen LogP contribution in [-0.4, -0.2) is 37.7 Å². The van der Waals surface area contributed by atoms with Crippen molar-refractivity contribution < 1.29 is 14.7 Å². The lowest BCUT2D eigenvalue weighted by atomic mass is 10.4. The molecule has 2 aromatic rings. The standard InChI is InChI=1S/C12H12N4O3S2/c1-7-15-8(5-21-7)4-20-6-9(17)16-11-10(12(18)19)13-2-3-14-11/h2-3,5H,4,6H2,1H3,(H,18,19)(H,14,16,17). The molecule has 0 atom stereocenters. The highest BCUT2D eigenvalue weighted by Crippen LogP contribution is 2.15. The van der Waals surface area contributed by atoms with E-state index in [0.717, 1.165) is 10.7 Å². The number of carboxylic acid groups (broad SMARTS) is 1. The smallest absolute Gasteiger partial charge is 0.358 e. The van der Waals surface area contributed by atoms with Crippen LogP contribution in [0.2, 0.25) is 0 Å². The number of hydrogen-bond acceptors (Lipinski definition) is 7. The summed E-state index contributed by atoms with van der Waals surface area (Å²) in [7, 11) is 0. The van der Waals surface area contributed by atoms with E-state index < -0.39 is 5.97 Å². The van der Waals surface area contributed by atoms with Crippen molar-refractivity contribution in [1.29, 1.82) is 0 Å². The van der Waals surface area contributed by atoms with Gasteiger partial charge in [0, 0.05) is 23.5 Å². The molecule has 0 saturated carbocycles. The van der Waals surface area contributed by atoms with Gasteiger partial charge in [-0.3, -0.25) is 4.79 Å². The van der Waals surface area contributed by atoms with Gasteiger partial charge in [-0.2, -0.15) is 0 Å². The van der Waals surface area contributed by atoms with Crippen LogP contribution in [-0.2, 0) is 10.5 Å². The van der Waals surface area contributed by atoms with Crippen LogP contribution in [0.25, 0.3) is 0 Å². The van der Waals surface area contributed by atoms with Crippen molar-refractivity contribution in [2.75, 3.05) is 11.1 Å². The Labute approximate surface area is 128 Å². The van der Waals surface area contributed by atoms with Crippen molar-refractivity contribution in [3.63, 3.8) is 0 Å². The van der Waals surface area contributed by atoms with Crippen LogP contribution in [0.3, 0.4) is 0 Å². The highest BCUT2D eigenvalue weighted by molar-refractivity contribution is 7.99. The van der Waals surface area contributed by atoms with E-state index in [2.05, 4.69) is 20.3 Å². The summed E-state index contributed by atoms with van der Waals surface area (Å²) < 4.78 is 0. The molecule has 0 aromatic carbocycles. The average molecular weight is 324 g/mol. The lowest BCUT2D eigenvalue weighted by molar-refractivity contribution is -0.113. The number of carbonyl (C=O) groups is 2. The molecule has 0 unspecified atom stereocenters. The number of hydrogen-bond donors (Lipinski definition) is 2. The Hall–Kier alpha value is -2.00. The van der Waals surface area contributed by atoms with Crippen molar-refractivity contribution in [1.82, 2.24) is 15.0 Å². The maximum Gasteiger partial charge on any atom is 0.358 e. The Morgan fingerprint density at radius 2 is 2.14 bits per heavy atom. The van der Waals surface area contributed by atoms with Gasteiger partial charge in [0.2, 0.25) is 5.91 Å². The number of aromatic carboxylic acids is 1. The van der Waals surface area contributed by atoms with Gasteiger partial charge in [-0.1, -0.05) is 0 Å². The number of aromatic nitrogens is 3. The molecule has 0 fully saturated rings. The van der Waals surface area contributed by atoms with Crippen molar-refractivity contribution in [3.05, 3.63) is 34.2 Å². The Balaban J connectivity index is 1.86. The van der Waals surface area contributed by atoms with E-state index in [1.807, 2.05) is 12.3 Å². The molecule has 2 aromatic heterocycles. The molecule has 0 saturated heterocycles. The predicted molar refractivity (Wildman–Crippen MR) is 80.6 cm³/mol. The van der Waals surface area contributed by atoms with Gasteiger partial charge in [0.1, 0.15) is 0 Å². The Kier molecular flexibility index (Phi) is 5.23. The molecule has 2 N–H and O–H groups in total. The molecule has 0 aliphatic carbocycles. The Bertz CT molecular complexity index is 659. The van der Waals surface area contributed by atoms with Gasteiger partial charge in [0.05, 0.1) is 16.5 Å². The zero-order chi connectivity index (χ0) is 15.2. The molecule has 0 aliphatic rings. The van der Waals surface area contributed by atoms with Crippen LogP contribution in [0.4, 0.5) is 5.82 Å². The molecular weight excluding hydrogens is 312 g/mol. The van der Waals surface area contributed by atoms with Gasteiger partial charge >= 0.3 is 5.97 Å². The molecule has 0 radical (unpaired) electrons. The lowest BCUT2D eigenvalue weighted by Gasteiger charge is -2.05. The highest BCUT2D eigenvalue weighted by atomic mass is 32.2. The number of amides is 1. The van der Waals surface area contributed by atoms with Crippen LogP contribution in [0, 0.1) is 6.92 Å². The summed E-state index contributed by atoms with van der Waals surface area (Å²) in [5, 5.41) is 14.3. The summed E-state index contributed by atoms with van der Waals surface area (Å²) in [6.45, 7) is 1.92. The van der Waals surface area contributed by atoms with E-state index in [-0.39, 0.29) is 23.2 Å². The second-order valence-electron chi connectivity index (χ2n) is 3.96. The molecule has 110 valence electrons. The fourth-order valence-corrected chi connectivity index (χ4v) is 2.91. The lowest BCUT2D eigenvalue weighted by Crippen LogP contribution is -2.18. The number of nitrogens with one attached hydrogen (secondary N) is 1. The van der Waals surface area contributed by atoms with E-state index >= 15 is 0 Å². The first-order valence-electron chi connectivity index (χ1n) is 5.89. The summed E-state index contributed by atoms with van der Waals surface area (Å²) in [4.78, 5) is 34.5. The van der Waals surface area contributed by atoms with E-state index in [4.69, 9.17) is 5.11 Å². The Morgan fingerprint density at radius 1 is 1.38 bits per heavy atom. The molecule has 21 heavy (non-hydrogen) atoms. The van der Waals surface area contributed by atoms with Crippen LogP contribution in [0.5, 0.6) is 0 Å². The molecule has 0 bridgehead atoms. The molecule has 9 heteroatoms. The second-order valence-corrected chi connectivity index (χ2v) is 6.01. The fraction of sp³-hybridized carbons (Fsp3) is 0.250. The van der Waals surface area contributed by atoms with Gasteiger partial charge in [-0.05, 0) is 6.92 Å². The number of carbonyl (C=O) groups excluding carboxylic acids is 1. The van der Waals surface area contributed by atoms with Crippen molar-refractivity contribution >= 4 is 40.8 Å². The minimum absolute atomic E-state index is 0.0416. The minimum Gasteiger partial charge on any atom is -0.476 e. The predicted octanol–water partition coefficient (Wildman–Crippen LogP) is 1.81. The van der Waals surface area contributed by atoms with E-state index in [1.165, 1.54) is 24.2 Å². The summed E-state index contributed by atoms with van der Waals surface area (Å²) in [5.74, 6) is -0.782. The van der Waals surface area contributed by atoms with Gasteiger partial charge in [-0.25, -0.2) is 19.7 Å². The first kappa shape index (κ1) is 15.4. The molecular formula is C12H12N4O3S2. The monoisotopic (exact) mass is 324 g/mol. The SMILES string of the molecule is Cc1nc(CSCC(=O)Nc2nccnc2C(=O)O)cs1. The topological polar surface area (TPSA) is 105 Å². The number of thiazole rings is 1. The maximum atomic E-state index is 11.8. The second kappa shape index (κ2) is 7.14. The first-order chi connectivity index (χ1) is 10.1. The third-order valence-electron chi connectivity index (χ3n) is 2.31. The normalized spacial score (nSPS) is 10.3. The third-order valence-corrected chi connectivity index (χ3v) is 4.10. The van der Waals surface area contributed by atoms with Crippen molar-refractivity contribution in [2.45, 2.75) is 12.7 Å². The number of aryl methyl sites for hydroxylation is 1. The van der Waals surface area contributed by atoms with E-state index in [1.54, 1.807) is 11.3 Å². The first-order valence-corrected chi connectivity index (χ1v) is 7.92. The molecule has 0 aliphatic heterocycles. The Morgan fingerprint density at radius 3 is 2.81 bits per heavy atom. The minimum atomic E-state index is -1.23. The number of nitrogens with zero attached hydrogens (tertiary/aromatic N) is 3. The van der Waals surface area contributed by atoms with Gasteiger partial charge in [0.25, 0.3) is 0 Å². The van der Waals surface area contributed by atoms with Gasteiger partial charge in [0.15, 0.2) is 11.5 Å². The summed E-state index contributed by atoms with van der Waals surface area (Å²) >= 11 is 2.96. The number of thioether (sulfide) groups is 1. The summed E-state index contributed by atoms with van der Waals surface area (Å²) in [6, 6.07) is 0. The zero-order valence-electron chi connectivity index (χ0n) is 11.1. The van der Waals surface area contributed by atoms with Crippen LogP contribution in [0.1, 0.15) is 21.2 Å². The average Bonchev–Trinajstić information content (AvgIpc) is 2.85. The van der Waals surface area contributed by atoms with Gasteiger partial charge < -0.3 is 10.4 Å². The summed E-state index contributed by atoms with van der Waals surface area (Å²) in [6.07, 6.45) is 2.59. The van der Waals surface area contributed by atoms with E-state index in [9.17, 15) is 9.59 Å². The molecule has 0 spiro atoms. The number of rotatable bonds is 6. The van der Waals surface area contributed by atoms with Crippen LogP contribution >= 0.6 is 23.1 Å². The quantitative estimate of drug-likeness (QED) is 0.834. The fourth-order valence-electron chi connectivity index (χ4n) is 1.48. The largest absolute Gasteiger partial charge is 0.476 e. The van der Waals surface area contributed by atoms with Crippen molar-refractivity contribution in [3.8, 4) is 0 Å². The zero-order valence-corrected chi connectivity index (χ0v) is 12.7. The molecule has 7 nitrogen and oxygen atoms in total. The third kappa shape index (κ3) is 4.50.